The Kier molecular flexibility index (Phi) is 9.69. The van der Waals surface area contributed by atoms with Gasteiger partial charge in [-0.1, -0.05) is 38.7 Å². The Balaban J connectivity index is 4.14. The van der Waals surface area contributed by atoms with Crippen molar-refractivity contribution in [1.29, 1.82) is 0 Å². The second-order valence-corrected chi connectivity index (χ2v) is 9.05. The topological polar surface area (TPSA) is 18.5 Å². The number of hydrogen-bond acceptors (Lipinski definition) is 2. The van der Waals surface area contributed by atoms with Crippen molar-refractivity contribution in [3.05, 3.63) is 11.8 Å². The summed E-state index contributed by atoms with van der Waals surface area (Å²) >= 11 is 0. The fourth-order valence-corrected chi connectivity index (χ4v) is 3.89. The molecule has 0 aliphatic heterocycles. The summed E-state index contributed by atoms with van der Waals surface area (Å²) in [6.07, 6.45) is 10.1. The Hall–Kier alpha value is -0.123. The van der Waals surface area contributed by atoms with Crippen LogP contribution in [0.5, 0.6) is 0 Å². The molecule has 0 aromatic carbocycles. The highest BCUT2D eigenvalue weighted by Gasteiger charge is 2.24. The third-order valence-corrected chi connectivity index (χ3v) is 5.17. The van der Waals surface area contributed by atoms with Crippen LogP contribution < -0.4 is 0 Å². The first-order chi connectivity index (χ1) is 9.14. The molecule has 2 nitrogen and oxygen atoms in total. The lowest BCUT2D eigenvalue weighted by Gasteiger charge is -2.30. The fourth-order valence-electron chi connectivity index (χ4n) is 1.87. The van der Waals surface area contributed by atoms with Crippen molar-refractivity contribution in [1.82, 2.24) is 0 Å². The second-order valence-electron chi connectivity index (χ2n) is 7.46. The van der Waals surface area contributed by atoms with Gasteiger partial charge in [0.15, 0.2) is 0 Å². The zero-order valence-corrected chi connectivity index (χ0v) is 15.9. The van der Waals surface area contributed by atoms with Crippen molar-refractivity contribution in [2.75, 3.05) is 0 Å². The van der Waals surface area contributed by atoms with Gasteiger partial charge in [-0.15, -0.1) is 0 Å². The van der Waals surface area contributed by atoms with E-state index in [0.717, 1.165) is 6.42 Å². The first kappa shape index (κ1) is 19.9. The minimum atomic E-state index is -1.73. The molecule has 0 amide bonds. The van der Waals surface area contributed by atoms with Gasteiger partial charge < -0.3 is 8.85 Å². The van der Waals surface area contributed by atoms with E-state index >= 15 is 0 Å². The quantitative estimate of drug-likeness (QED) is 0.425. The van der Waals surface area contributed by atoms with Crippen molar-refractivity contribution in [2.24, 2.45) is 0 Å². The van der Waals surface area contributed by atoms with Crippen LogP contribution >= 0.6 is 0 Å². The SMILES string of the molecule is CCCCCCCC=C[SiH](OC(C)(C)C)OC(C)(C)C. The Bertz CT molecular complexity index is 245. The molecule has 0 aromatic heterocycles. The molecule has 0 radical (unpaired) electrons. The molecule has 3 heteroatoms. The summed E-state index contributed by atoms with van der Waals surface area (Å²) in [5.74, 6) is 0. The molecule has 120 valence electrons. The van der Waals surface area contributed by atoms with Crippen molar-refractivity contribution in [3.8, 4) is 0 Å². The molecule has 0 rings (SSSR count). The monoisotopic (exact) mass is 300 g/mol. The maximum Gasteiger partial charge on any atom is 0.348 e. The number of unbranched alkanes of at least 4 members (excludes halogenated alkanes) is 5. The highest BCUT2D eigenvalue weighted by atomic mass is 28.3. The van der Waals surface area contributed by atoms with Gasteiger partial charge in [0.05, 0.1) is 11.2 Å². The highest BCUT2D eigenvalue weighted by Crippen LogP contribution is 2.16. The molecule has 0 fully saturated rings. The average Bonchev–Trinajstić information content (AvgIpc) is 2.23. The van der Waals surface area contributed by atoms with Crippen molar-refractivity contribution >= 4 is 9.28 Å². The van der Waals surface area contributed by atoms with Gasteiger partial charge in [0.25, 0.3) is 0 Å². The highest BCUT2D eigenvalue weighted by molar-refractivity contribution is 6.50. The molecule has 0 aliphatic carbocycles. The summed E-state index contributed by atoms with van der Waals surface area (Å²) < 4.78 is 12.2. The van der Waals surface area contributed by atoms with Gasteiger partial charge in [0.1, 0.15) is 0 Å². The van der Waals surface area contributed by atoms with E-state index in [9.17, 15) is 0 Å². The fraction of sp³-hybridized carbons (Fsp3) is 0.882. The summed E-state index contributed by atoms with van der Waals surface area (Å²) in [7, 11) is -1.73. The largest absolute Gasteiger partial charge is 0.389 e. The molecule has 0 saturated heterocycles. The summed E-state index contributed by atoms with van der Waals surface area (Å²) in [5.41, 5.74) is 1.94. The van der Waals surface area contributed by atoms with Crippen molar-refractivity contribution in [3.63, 3.8) is 0 Å². The molecule has 0 heterocycles. The van der Waals surface area contributed by atoms with Crippen molar-refractivity contribution < 1.29 is 8.85 Å². The predicted octanol–water partition coefficient (Wildman–Crippen LogP) is 5.29. The van der Waals surface area contributed by atoms with E-state index < -0.39 is 9.28 Å². The van der Waals surface area contributed by atoms with Gasteiger partial charge in [0, 0.05) is 0 Å². The number of hydrogen-bond donors (Lipinski definition) is 0. The molecule has 0 aromatic rings. The third kappa shape index (κ3) is 14.3. The van der Waals surface area contributed by atoms with Crippen LogP contribution in [0.1, 0.15) is 87.0 Å². The lowest BCUT2D eigenvalue weighted by atomic mass is 10.1. The van der Waals surface area contributed by atoms with Crippen LogP contribution in [0.25, 0.3) is 0 Å². The Morgan fingerprint density at radius 2 is 1.30 bits per heavy atom. The molecule has 0 spiro atoms. The van der Waals surface area contributed by atoms with Crippen LogP contribution in [0, 0.1) is 0 Å². The molecule has 0 N–H and O–H groups in total. The maximum absolute atomic E-state index is 6.09. The van der Waals surface area contributed by atoms with Gasteiger partial charge in [-0.3, -0.25) is 0 Å². The lowest BCUT2D eigenvalue weighted by Crippen LogP contribution is -2.37. The van der Waals surface area contributed by atoms with Crippen LogP contribution in [0.3, 0.4) is 0 Å². The number of rotatable bonds is 9. The van der Waals surface area contributed by atoms with Crippen LogP contribution in [-0.2, 0) is 8.85 Å². The lowest BCUT2D eigenvalue weighted by molar-refractivity contribution is 0.0400. The zero-order chi connectivity index (χ0) is 15.6. The van der Waals surface area contributed by atoms with Crippen LogP contribution in [-0.4, -0.2) is 20.5 Å². The normalized spacial score (nSPS) is 13.6. The van der Waals surface area contributed by atoms with Gasteiger partial charge >= 0.3 is 9.28 Å². The van der Waals surface area contributed by atoms with E-state index in [4.69, 9.17) is 8.85 Å². The van der Waals surface area contributed by atoms with Gasteiger partial charge in [-0.05, 0) is 60.1 Å². The molecule has 0 aliphatic rings. The summed E-state index contributed by atoms with van der Waals surface area (Å²) in [6, 6.07) is 0. The van der Waals surface area contributed by atoms with E-state index in [1.807, 2.05) is 0 Å². The minimum Gasteiger partial charge on any atom is -0.389 e. The van der Waals surface area contributed by atoms with Crippen LogP contribution in [0.4, 0.5) is 0 Å². The third-order valence-electron chi connectivity index (χ3n) is 2.71. The van der Waals surface area contributed by atoms with Gasteiger partial charge in [-0.2, -0.15) is 0 Å². The Morgan fingerprint density at radius 1 is 0.800 bits per heavy atom. The smallest absolute Gasteiger partial charge is 0.348 e. The maximum atomic E-state index is 6.09. The molecular formula is C17H36O2Si. The molecule has 0 bridgehead atoms. The standard InChI is InChI=1S/C17H36O2Si/c1-8-9-10-11-12-13-14-15-20(18-16(2,3)4)19-17(5,6)7/h14-15,20H,8-13H2,1-7H3. The first-order valence-corrected chi connectivity index (χ1v) is 9.77. The Labute approximate surface area is 128 Å². The van der Waals surface area contributed by atoms with E-state index in [1.165, 1.54) is 32.1 Å². The average molecular weight is 301 g/mol. The Morgan fingerprint density at radius 3 is 1.75 bits per heavy atom. The molecule has 0 atom stereocenters. The van der Waals surface area contributed by atoms with Crippen molar-refractivity contribution in [2.45, 2.75) is 98.2 Å². The van der Waals surface area contributed by atoms with Crippen LogP contribution in [0.2, 0.25) is 0 Å². The number of allylic oxidation sites excluding steroid dienone is 1. The predicted molar refractivity (Wildman–Crippen MR) is 91.3 cm³/mol. The summed E-state index contributed by atoms with van der Waals surface area (Å²) in [6.45, 7) is 14.8. The summed E-state index contributed by atoms with van der Waals surface area (Å²) in [5, 5.41) is 0. The zero-order valence-electron chi connectivity index (χ0n) is 14.8. The molecule has 20 heavy (non-hydrogen) atoms. The minimum absolute atomic E-state index is 0.131. The van der Waals surface area contributed by atoms with Crippen LogP contribution in [0.15, 0.2) is 11.8 Å². The van der Waals surface area contributed by atoms with E-state index in [-0.39, 0.29) is 11.2 Å². The van der Waals surface area contributed by atoms with Gasteiger partial charge in [0.2, 0.25) is 0 Å². The van der Waals surface area contributed by atoms with E-state index in [0.29, 0.717) is 0 Å². The van der Waals surface area contributed by atoms with E-state index in [2.05, 4.69) is 60.2 Å². The molecule has 0 saturated carbocycles. The van der Waals surface area contributed by atoms with Gasteiger partial charge in [-0.25, -0.2) is 0 Å². The molecular weight excluding hydrogens is 264 g/mol. The summed E-state index contributed by atoms with van der Waals surface area (Å²) in [4.78, 5) is 0. The molecule has 0 unspecified atom stereocenters. The van der Waals surface area contributed by atoms with E-state index in [1.54, 1.807) is 0 Å². The first-order valence-electron chi connectivity index (χ1n) is 8.16. The second kappa shape index (κ2) is 9.75.